The smallest absolute Gasteiger partial charge is 0.0330 e. The first-order valence-electron chi connectivity index (χ1n) is 6.36. The molecule has 0 amide bonds. The predicted octanol–water partition coefficient (Wildman–Crippen LogP) is 3.44. The number of nitrogens with zero attached hydrogens (tertiary/aromatic N) is 1. The Kier molecular flexibility index (Phi) is 6.78. The van der Waals surface area contributed by atoms with E-state index < -0.39 is 0 Å². The highest BCUT2D eigenvalue weighted by Gasteiger charge is 2.10. The van der Waals surface area contributed by atoms with Gasteiger partial charge in [0, 0.05) is 10.5 Å². The highest BCUT2D eigenvalue weighted by atomic mass is 79.9. The lowest BCUT2D eigenvalue weighted by Gasteiger charge is -2.23. The molecule has 1 aromatic carbocycles. The Morgan fingerprint density at radius 3 is 2.53 bits per heavy atom. The molecule has 1 unspecified atom stereocenters. The van der Waals surface area contributed by atoms with Crippen LogP contribution in [0.1, 0.15) is 31.9 Å². The zero-order valence-electron chi connectivity index (χ0n) is 11.0. The van der Waals surface area contributed by atoms with Crippen molar-refractivity contribution in [1.82, 2.24) is 10.2 Å². The van der Waals surface area contributed by atoms with E-state index in [4.69, 9.17) is 0 Å². The third-order valence-corrected chi connectivity index (χ3v) is 3.72. The highest BCUT2D eigenvalue weighted by molar-refractivity contribution is 9.10. The monoisotopic (exact) mass is 298 g/mol. The summed E-state index contributed by atoms with van der Waals surface area (Å²) in [5.74, 6) is 0. The zero-order chi connectivity index (χ0) is 12.7. The molecule has 2 nitrogen and oxygen atoms in total. The molecule has 0 saturated heterocycles. The third-order valence-electron chi connectivity index (χ3n) is 3.23. The quantitative estimate of drug-likeness (QED) is 0.829. The van der Waals surface area contributed by atoms with Crippen molar-refractivity contribution in [2.75, 3.05) is 26.7 Å². The van der Waals surface area contributed by atoms with E-state index in [2.05, 4.69) is 64.3 Å². The largest absolute Gasteiger partial charge is 0.313 e. The van der Waals surface area contributed by atoms with E-state index in [-0.39, 0.29) is 0 Å². The Balaban J connectivity index is 2.59. The van der Waals surface area contributed by atoms with Crippen molar-refractivity contribution in [3.05, 3.63) is 34.3 Å². The van der Waals surface area contributed by atoms with Crippen LogP contribution in [0.25, 0.3) is 0 Å². The van der Waals surface area contributed by atoms with Crippen molar-refractivity contribution < 1.29 is 0 Å². The Morgan fingerprint density at radius 1 is 1.29 bits per heavy atom. The summed E-state index contributed by atoms with van der Waals surface area (Å²) in [6, 6.07) is 8.99. The fraction of sp³-hybridized carbons (Fsp3) is 0.571. The van der Waals surface area contributed by atoms with E-state index in [1.54, 1.807) is 0 Å². The van der Waals surface area contributed by atoms with E-state index in [9.17, 15) is 0 Å². The van der Waals surface area contributed by atoms with Gasteiger partial charge in [0.1, 0.15) is 0 Å². The van der Waals surface area contributed by atoms with Crippen molar-refractivity contribution in [2.24, 2.45) is 0 Å². The summed E-state index contributed by atoms with van der Waals surface area (Å²) in [6.07, 6.45) is 1.15. The average Bonchev–Trinajstić information content (AvgIpc) is 2.35. The lowest BCUT2D eigenvalue weighted by molar-refractivity contribution is 0.284. The lowest BCUT2D eigenvalue weighted by Crippen LogP contribution is -2.28. The van der Waals surface area contributed by atoms with Crippen LogP contribution in [0.2, 0.25) is 0 Å². The summed E-state index contributed by atoms with van der Waals surface area (Å²) in [5.41, 5.74) is 1.36. The van der Waals surface area contributed by atoms with Crippen LogP contribution in [0.15, 0.2) is 28.7 Å². The van der Waals surface area contributed by atoms with Crippen molar-refractivity contribution in [3.8, 4) is 0 Å². The second-order valence-electron chi connectivity index (χ2n) is 4.21. The molecule has 96 valence electrons. The number of hydrogen-bond acceptors (Lipinski definition) is 2. The third kappa shape index (κ3) is 4.78. The maximum atomic E-state index is 3.53. The SMILES string of the molecule is CCN(CC)CCC(NC)c1cccc(Br)c1. The molecular formula is C14H23BrN2. The summed E-state index contributed by atoms with van der Waals surface area (Å²) in [4.78, 5) is 2.46. The van der Waals surface area contributed by atoms with Gasteiger partial charge in [0.25, 0.3) is 0 Å². The van der Waals surface area contributed by atoms with Gasteiger partial charge >= 0.3 is 0 Å². The Morgan fingerprint density at radius 2 is 2.00 bits per heavy atom. The van der Waals surface area contributed by atoms with E-state index in [0.717, 1.165) is 30.5 Å². The van der Waals surface area contributed by atoms with Crippen LogP contribution in [0.5, 0.6) is 0 Å². The first-order valence-corrected chi connectivity index (χ1v) is 7.15. The van der Waals surface area contributed by atoms with Crippen LogP contribution >= 0.6 is 15.9 Å². The number of hydrogen-bond donors (Lipinski definition) is 1. The van der Waals surface area contributed by atoms with Gasteiger partial charge in [0.15, 0.2) is 0 Å². The van der Waals surface area contributed by atoms with Crippen LogP contribution < -0.4 is 5.32 Å². The van der Waals surface area contributed by atoms with Crippen LogP contribution in [0.4, 0.5) is 0 Å². The summed E-state index contributed by atoms with van der Waals surface area (Å²) in [7, 11) is 2.04. The lowest BCUT2D eigenvalue weighted by atomic mass is 10.0. The van der Waals surface area contributed by atoms with E-state index in [1.165, 1.54) is 5.56 Å². The van der Waals surface area contributed by atoms with E-state index in [1.807, 2.05) is 7.05 Å². The number of rotatable bonds is 7. The summed E-state index contributed by atoms with van der Waals surface area (Å²) >= 11 is 3.53. The Bertz CT molecular complexity index is 324. The second-order valence-corrected chi connectivity index (χ2v) is 5.13. The van der Waals surface area contributed by atoms with Crippen LogP contribution in [-0.4, -0.2) is 31.6 Å². The maximum absolute atomic E-state index is 3.53. The minimum Gasteiger partial charge on any atom is -0.313 e. The molecule has 0 aliphatic heterocycles. The molecule has 0 heterocycles. The van der Waals surface area contributed by atoms with Crippen molar-refractivity contribution in [2.45, 2.75) is 26.3 Å². The number of halogens is 1. The second kappa shape index (κ2) is 7.85. The van der Waals surface area contributed by atoms with Gasteiger partial charge in [-0.2, -0.15) is 0 Å². The molecule has 0 aliphatic carbocycles. The summed E-state index contributed by atoms with van der Waals surface area (Å²) in [5, 5.41) is 3.40. The summed E-state index contributed by atoms with van der Waals surface area (Å²) in [6.45, 7) is 7.84. The standard InChI is InChI=1S/C14H23BrN2/c1-4-17(5-2)10-9-14(16-3)12-7-6-8-13(15)11-12/h6-8,11,14,16H,4-5,9-10H2,1-3H3. The average molecular weight is 299 g/mol. The van der Waals surface area contributed by atoms with Gasteiger partial charge in [0.2, 0.25) is 0 Å². The van der Waals surface area contributed by atoms with Crippen molar-refractivity contribution in [1.29, 1.82) is 0 Å². The van der Waals surface area contributed by atoms with E-state index in [0.29, 0.717) is 6.04 Å². The molecule has 0 bridgehead atoms. The van der Waals surface area contributed by atoms with Crippen LogP contribution in [-0.2, 0) is 0 Å². The molecule has 3 heteroatoms. The summed E-state index contributed by atoms with van der Waals surface area (Å²) < 4.78 is 1.15. The molecule has 17 heavy (non-hydrogen) atoms. The van der Waals surface area contributed by atoms with Crippen LogP contribution in [0.3, 0.4) is 0 Å². The number of nitrogens with one attached hydrogen (secondary N) is 1. The molecule has 1 rings (SSSR count). The fourth-order valence-corrected chi connectivity index (χ4v) is 2.47. The minimum absolute atomic E-state index is 0.438. The minimum atomic E-state index is 0.438. The van der Waals surface area contributed by atoms with Gasteiger partial charge in [-0.3, -0.25) is 0 Å². The van der Waals surface area contributed by atoms with Crippen molar-refractivity contribution in [3.63, 3.8) is 0 Å². The molecule has 0 saturated carbocycles. The molecule has 0 spiro atoms. The van der Waals surface area contributed by atoms with E-state index >= 15 is 0 Å². The first kappa shape index (κ1) is 14.7. The Labute approximate surface area is 114 Å². The molecule has 0 fully saturated rings. The molecule has 1 aromatic rings. The predicted molar refractivity (Wildman–Crippen MR) is 78.3 cm³/mol. The van der Waals surface area contributed by atoms with Gasteiger partial charge in [0.05, 0.1) is 0 Å². The highest BCUT2D eigenvalue weighted by Crippen LogP contribution is 2.20. The van der Waals surface area contributed by atoms with Gasteiger partial charge in [-0.05, 0) is 50.8 Å². The zero-order valence-corrected chi connectivity index (χ0v) is 12.6. The molecule has 1 atom stereocenters. The van der Waals surface area contributed by atoms with Gasteiger partial charge in [-0.15, -0.1) is 0 Å². The molecule has 1 N–H and O–H groups in total. The topological polar surface area (TPSA) is 15.3 Å². The normalized spacial score (nSPS) is 13.0. The maximum Gasteiger partial charge on any atom is 0.0330 e. The Hall–Kier alpha value is -0.380. The fourth-order valence-electron chi connectivity index (χ4n) is 2.05. The number of benzene rings is 1. The molecule has 0 aromatic heterocycles. The molecular weight excluding hydrogens is 276 g/mol. The molecule has 0 aliphatic rings. The van der Waals surface area contributed by atoms with Crippen molar-refractivity contribution >= 4 is 15.9 Å². The van der Waals surface area contributed by atoms with Gasteiger partial charge < -0.3 is 10.2 Å². The first-order chi connectivity index (χ1) is 8.21. The molecule has 0 radical (unpaired) electrons. The van der Waals surface area contributed by atoms with Crippen LogP contribution in [0, 0.1) is 0 Å². The van der Waals surface area contributed by atoms with Gasteiger partial charge in [-0.25, -0.2) is 0 Å². The van der Waals surface area contributed by atoms with Gasteiger partial charge in [-0.1, -0.05) is 41.9 Å².